The Balaban J connectivity index is 4.82. The van der Waals surface area contributed by atoms with Crippen molar-refractivity contribution in [2.45, 2.75) is 18.3 Å². The van der Waals surface area contributed by atoms with E-state index < -0.39 is 39.1 Å². The van der Waals surface area contributed by atoms with Gasteiger partial charge in [-0.15, -0.1) is 0 Å². The van der Waals surface area contributed by atoms with Crippen molar-refractivity contribution >= 4 is 7.60 Å². The normalized spacial score (nSPS) is 14.9. The van der Waals surface area contributed by atoms with Crippen LogP contribution in [0.15, 0.2) is 0 Å². The fourth-order valence-electron chi connectivity index (χ4n) is 0.500. The summed E-state index contributed by atoms with van der Waals surface area (Å²) in [5.41, 5.74) is 0. The molecule has 0 heterocycles. The third kappa shape index (κ3) is 6.45. The molecule has 0 spiro atoms. The highest BCUT2D eigenvalue weighted by Crippen LogP contribution is 2.63. The zero-order valence-electron chi connectivity index (χ0n) is 7.99. The van der Waals surface area contributed by atoms with E-state index in [1.165, 1.54) is 0 Å². The lowest BCUT2D eigenvalue weighted by atomic mass is 10.7. The van der Waals surface area contributed by atoms with Crippen molar-refractivity contribution in [2.75, 3.05) is 13.2 Å². The number of hydrogen-bond donors (Lipinski definition) is 0. The first-order valence-electron chi connectivity index (χ1n) is 3.76. The molecular weight excluding hydrogens is 310 g/mol. The van der Waals surface area contributed by atoms with Crippen LogP contribution in [-0.2, 0) is 13.6 Å². The zero-order valence-corrected chi connectivity index (χ0v) is 8.88. The highest BCUT2D eigenvalue weighted by molar-refractivity contribution is 7.54. The molecule has 0 saturated carbocycles. The minimum absolute atomic E-state index is 2.65. The predicted octanol–water partition coefficient (Wildman–Crippen LogP) is 3.86. The molecule has 110 valence electrons. The summed E-state index contributed by atoms with van der Waals surface area (Å²) in [5, 5.41) is 0. The van der Waals surface area contributed by atoms with Crippen molar-refractivity contribution in [3.63, 3.8) is 0 Å². The molecule has 0 aliphatic rings. The van der Waals surface area contributed by atoms with E-state index in [1.807, 2.05) is 0 Å². The Kier molecular flexibility index (Phi) is 5.11. The van der Waals surface area contributed by atoms with E-state index in [9.17, 15) is 44.1 Å². The molecule has 0 atom stereocenters. The molecule has 0 amide bonds. The van der Waals surface area contributed by atoms with Crippen LogP contribution in [0.25, 0.3) is 0 Å². The predicted molar refractivity (Wildman–Crippen MR) is 37.7 cm³/mol. The van der Waals surface area contributed by atoms with Gasteiger partial charge >= 0.3 is 25.9 Å². The van der Waals surface area contributed by atoms with E-state index in [1.54, 1.807) is 0 Å². The largest absolute Gasteiger partial charge is 0.493 e. The van der Waals surface area contributed by atoms with Gasteiger partial charge in [-0.3, -0.25) is 9.05 Å². The Labute approximate surface area is 93.4 Å². The second-order valence-electron chi connectivity index (χ2n) is 2.74. The number of rotatable bonds is 4. The lowest BCUT2D eigenvalue weighted by molar-refractivity contribution is -0.175. The summed E-state index contributed by atoms with van der Waals surface area (Å²) in [6.07, 6.45) is -10.6. The first-order chi connectivity index (χ1) is 7.66. The van der Waals surface area contributed by atoms with Gasteiger partial charge in [0.05, 0.1) is 0 Å². The van der Waals surface area contributed by atoms with Crippen LogP contribution < -0.4 is 0 Å². The Morgan fingerprint density at radius 1 is 0.722 bits per heavy atom. The summed E-state index contributed by atoms with van der Waals surface area (Å²) >= 11 is 0. The van der Waals surface area contributed by atoms with Crippen molar-refractivity contribution in [1.29, 1.82) is 0 Å². The average Bonchev–Trinajstić information content (AvgIpc) is 2.07. The Hall–Kier alpha value is -0.480. The molecule has 3 nitrogen and oxygen atoms in total. The molecule has 0 aromatic heterocycles. The van der Waals surface area contributed by atoms with Crippen molar-refractivity contribution in [2.24, 2.45) is 0 Å². The van der Waals surface area contributed by atoms with Gasteiger partial charge in [-0.1, -0.05) is 0 Å². The quantitative estimate of drug-likeness (QED) is 0.584. The van der Waals surface area contributed by atoms with Gasteiger partial charge in [0.1, 0.15) is 0 Å². The summed E-state index contributed by atoms with van der Waals surface area (Å²) in [5.74, 6) is -6.00. The van der Waals surface area contributed by atoms with E-state index in [-0.39, 0.29) is 0 Å². The van der Waals surface area contributed by atoms with Gasteiger partial charge in [0.2, 0.25) is 0 Å². The highest BCUT2D eigenvalue weighted by atomic mass is 31.2. The van der Waals surface area contributed by atoms with Gasteiger partial charge in [-0.05, 0) is 0 Å². The standard InChI is InChI=1S/C5H4F9O3P/c6-3(7,8)1-16-18(15,5(12,13)14)17-2-4(9,10)11/h1-2H2. The molecule has 0 aliphatic heterocycles. The monoisotopic (exact) mass is 314 g/mol. The maximum Gasteiger partial charge on any atom is 0.493 e. The minimum atomic E-state index is -6.54. The molecule has 0 rings (SSSR count). The second kappa shape index (κ2) is 5.25. The van der Waals surface area contributed by atoms with Crippen LogP contribution in [0.3, 0.4) is 0 Å². The second-order valence-corrected chi connectivity index (χ2v) is 4.76. The van der Waals surface area contributed by atoms with Crippen LogP contribution in [0.5, 0.6) is 0 Å². The van der Waals surface area contributed by atoms with E-state index in [0.29, 0.717) is 0 Å². The van der Waals surface area contributed by atoms with Crippen LogP contribution >= 0.6 is 7.60 Å². The van der Waals surface area contributed by atoms with Gasteiger partial charge in [-0.2, -0.15) is 39.5 Å². The molecule has 0 radical (unpaired) electrons. The molecule has 0 N–H and O–H groups in total. The number of halogens is 9. The smallest absolute Gasteiger partial charge is 0.293 e. The van der Waals surface area contributed by atoms with Gasteiger partial charge in [0, 0.05) is 0 Å². The lowest BCUT2D eigenvalue weighted by Crippen LogP contribution is -2.24. The third-order valence-electron chi connectivity index (χ3n) is 1.11. The summed E-state index contributed by atoms with van der Waals surface area (Å²) in [7, 11) is -6.54. The van der Waals surface area contributed by atoms with Crippen LogP contribution in [0.4, 0.5) is 39.5 Å². The zero-order chi connectivity index (χ0) is 14.8. The van der Waals surface area contributed by atoms with E-state index in [4.69, 9.17) is 0 Å². The van der Waals surface area contributed by atoms with Crippen molar-refractivity contribution < 1.29 is 53.1 Å². The number of hydrogen-bond acceptors (Lipinski definition) is 3. The molecular formula is C5H4F9O3P. The van der Waals surface area contributed by atoms with Gasteiger partial charge in [0.25, 0.3) is 0 Å². The Bertz CT molecular complexity index is 294. The van der Waals surface area contributed by atoms with Crippen LogP contribution in [0, 0.1) is 0 Å². The molecule has 13 heteroatoms. The molecule has 0 aromatic rings. The molecule has 0 saturated heterocycles. The minimum Gasteiger partial charge on any atom is -0.293 e. The first-order valence-corrected chi connectivity index (χ1v) is 5.30. The fourth-order valence-corrected chi connectivity index (χ4v) is 1.50. The fraction of sp³-hybridized carbons (Fsp3) is 1.00. The van der Waals surface area contributed by atoms with E-state index in [0.717, 1.165) is 0 Å². The molecule has 18 heavy (non-hydrogen) atoms. The van der Waals surface area contributed by atoms with Gasteiger partial charge in [0.15, 0.2) is 13.2 Å². The molecule has 0 fully saturated rings. The van der Waals surface area contributed by atoms with Crippen LogP contribution in [0.1, 0.15) is 0 Å². The average molecular weight is 314 g/mol. The summed E-state index contributed by atoms with van der Waals surface area (Å²) in [6.45, 7) is -5.30. The molecule has 0 aliphatic carbocycles. The van der Waals surface area contributed by atoms with Crippen molar-refractivity contribution in [1.82, 2.24) is 0 Å². The number of alkyl halides is 9. The third-order valence-corrected chi connectivity index (χ3v) is 2.67. The van der Waals surface area contributed by atoms with Crippen molar-refractivity contribution in [3.05, 3.63) is 0 Å². The van der Waals surface area contributed by atoms with Gasteiger partial charge < -0.3 is 0 Å². The van der Waals surface area contributed by atoms with Crippen LogP contribution in [0.2, 0.25) is 0 Å². The Morgan fingerprint density at radius 3 is 1.17 bits per heavy atom. The van der Waals surface area contributed by atoms with Gasteiger partial charge in [-0.25, -0.2) is 4.57 Å². The SMILES string of the molecule is O=P(OCC(F)(F)F)(OCC(F)(F)F)C(F)(F)F. The lowest BCUT2D eigenvalue weighted by Gasteiger charge is -2.21. The highest BCUT2D eigenvalue weighted by Gasteiger charge is 2.57. The first kappa shape index (κ1) is 17.5. The topological polar surface area (TPSA) is 35.5 Å². The molecule has 0 aromatic carbocycles. The Morgan fingerprint density at radius 2 is 1.00 bits per heavy atom. The van der Waals surface area contributed by atoms with E-state index >= 15 is 0 Å². The molecule has 0 bridgehead atoms. The maximum absolute atomic E-state index is 12.0. The molecule has 0 unspecified atom stereocenters. The summed E-state index contributed by atoms with van der Waals surface area (Å²) < 4.78 is 122. The van der Waals surface area contributed by atoms with Crippen molar-refractivity contribution in [3.8, 4) is 0 Å². The summed E-state index contributed by atoms with van der Waals surface area (Å²) in [6, 6.07) is 0. The van der Waals surface area contributed by atoms with E-state index in [2.05, 4.69) is 9.05 Å². The summed E-state index contributed by atoms with van der Waals surface area (Å²) in [4.78, 5) is 0. The van der Waals surface area contributed by atoms with Crippen LogP contribution in [-0.4, -0.2) is 31.5 Å². The maximum atomic E-state index is 12.0.